The number of hydrogen-bond acceptors (Lipinski definition) is 6. The van der Waals surface area contributed by atoms with Crippen LogP contribution in [0.3, 0.4) is 0 Å². The van der Waals surface area contributed by atoms with Crippen LogP contribution >= 0.6 is 0 Å². The van der Waals surface area contributed by atoms with E-state index in [-0.39, 0.29) is 32.1 Å². The van der Waals surface area contributed by atoms with Gasteiger partial charge in [0.05, 0.1) is 0 Å². The van der Waals surface area contributed by atoms with E-state index < -0.39 is 23.4 Å². The first kappa shape index (κ1) is 18.5. The summed E-state index contributed by atoms with van der Waals surface area (Å²) < 4.78 is 10.4. The molecule has 1 saturated heterocycles. The number of urea groups is 1. The number of hydrazine groups is 1. The van der Waals surface area contributed by atoms with Gasteiger partial charge < -0.3 is 14.8 Å². The summed E-state index contributed by atoms with van der Waals surface area (Å²) in [7, 11) is 0. The van der Waals surface area contributed by atoms with Crippen LogP contribution in [0.1, 0.15) is 37.0 Å². The molecule has 2 heterocycles. The summed E-state index contributed by atoms with van der Waals surface area (Å²) >= 11 is 0. The number of ether oxygens (including phenoxy) is 2. The molecule has 10 nitrogen and oxygen atoms in total. The molecule has 3 rings (SSSR count). The molecule has 10 heteroatoms. The van der Waals surface area contributed by atoms with Gasteiger partial charge in [0.25, 0.3) is 11.8 Å². The van der Waals surface area contributed by atoms with Crippen molar-refractivity contribution in [2.45, 2.75) is 32.2 Å². The van der Waals surface area contributed by atoms with Crippen LogP contribution in [0.15, 0.2) is 18.2 Å². The predicted molar refractivity (Wildman–Crippen MR) is 91.7 cm³/mol. The van der Waals surface area contributed by atoms with Crippen molar-refractivity contribution in [3.05, 3.63) is 23.8 Å². The van der Waals surface area contributed by atoms with Crippen LogP contribution in [0, 0.1) is 0 Å². The maximum Gasteiger partial charge on any atom is 0.325 e. The molecular weight excluding hydrogens is 356 g/mol. The third-order valence-corrected chi connectivity index (χ3v) is 4.18. The van der Waals surface area contributed by atoms with Gasteiger partial charge in [0, 0.05) is 18.5 Å². The first-order valence-corrected chi connectivity index (χ1v) is 8.41. The zero-order chi connectivity index (χ0) is 19.6. The van der Waals surface area contributed by atoms with Gasteiger partial charge in [-0.3, -0.25) is 30.1 Å². The Labute approximate surface area is 155 Å². The monoisotopic (exact) mass is 376 g/mol. The van der Waals surface area contributed by atoms with Crippen molar-refractivity contribution in [2.24, 2.45) is 0 Å². The van der Waals surface area contributed by atoms with Crippen molar-refractivity contribution in [1.82, 2.24) is 21.1 Å². The number of nitrogens with zero attached hydrogens (tertiary/aromatic N) is 1. The Balaban J connectivity index is 1.42. The summed E-state index contributed by atoms with van der Waals surface area (Å²) in [6, 6.07) is 4.21. The Hall–Kier alpha value is -3.30. The van der Waals surface area contributed by atoms with E-state index in [1.807, 2.05) is 0 Å². The highest BCUT2D eigenvalue weighted by Crippen LogP contribution is 2.32. The number of carbonyl (C=O) groups excluding carboxylic acids is 4. The third-order valence-electron chi connectivity index (χ3n) is 4.18. The van der Waals surface area contributed by atoms with E-state index in [1.54, 1.807) is 26.0 Å². The Bertz CT molecular complexity index is 807. The molecule has 27 heavy (non-hydrogen) atoms. The van der Waals surface area contributed by atoms with Gasteiger partial charge >= 0.3 is 6.03 Å². The van der Waals surface area contributed by atoms with Crippen LogP contribution < -0.4 is 25.6 Å². The fraction of sp³-hybridized carbons (Fsp3) is 0.412. The summed E-state index contributed by atoms with van der Waals surface area (Å²) in [5, 5.41) is 2.57. The fourth-order valence-electron chi connectivity index (χ4n) is 2.72. The van der Waals surface area contributed by atoms with Crippen molar-refractivity contribution >= 4 is 23.8 Å². The second-order valence-corrected chi connectivity index (χ2v) is 6.69. The summed E-state index contributed by atoms with van der Waals surface area (Å²) in [4.78, 5) is 48.8. The van der Waals surface area contributed by atoms with E-state index in [9.17, 15) is 19.2 Å². The Morgan fingerprint density at radius 3 is 2.63 bits per heavy atom. The van der Waals surface area contributed by atoms with Crippen LogP contribution in [0.4, 0.5) is 4.79 Å². The van der Waals surface area contributed by atoms with E-state index in [0.29, 0.717) is 17.1 Å². The maximum absolute atomic E-state index is 12.1. The van der Waals surface area contributed by atoms with E-state index in [2.05, 4.69) is 16.2 Å². The van der Waals surface area contributed by atoms with Gasteiger partial charge in [0.1, 0.15) is 5.54 Å². The summed E-state index contributed by atoms with van der Waals surface area (Å²) in [5.74, 6) is -0.248. The van der Waals surface area contributed by atoms with Crippen molar-refractivity contribution in [1.29, 1.82) is 0 Å². The van der Waals surface area contributed by atoms with Gasteiger partial charge in [-0.15, -0.1) is 0 Å². The largest absolute Gasteiger partial charge is 0.454 e. The number of fused-ring (bicyclic) bond motifs is 1. The first-order valence-electron chi connectivity index (χ1n) is 8.41. The topological polar surface area (TPSA) is 126 Å². The zero-order valence-corrected chi connectivity index (χ0v) is 15.0. The minimum Gasteiger partial charge on any atom is -0.454 e. The number of imide groups is 1. The molecule has 0 spiro atoms. The molecular formula is C17H20N4O6. The molecule has 1 aromatic rings. The molecule has 2 aliphatic heterocycles. The molecule has 5 amide bonds. The van der Waals surface area contributed by atoms with Gasteiger partial charge in [-0.05, 0) is 38.5 Å². The van der Waals surface area contributed by atoms with Gasteiger partial charge in [0.15, 0.2) is 11.5 Å². The minimum absolute atomic E-state index is 0.0406. The molecule has 0 unspecified atom stereocenters. The van der Waals surface area contributed by atoms with Crippen molar-refractivity contribution < 1.29 is 28.7 Å². The quantitative estimate of drug-likeness (QED) is 0.501. The van der Waals surface area contributed by atoms with E-state index in [0.717, 1.165) is 4.90 Å². The molecule has 1 aromatic carbocycles. The van der Waals surface area contributed by atoms with Crippen molar-refractivity contribution in [2.75, 3.05) is 13.3 Å². The van der Waals surface area contributed by atoms with Crippen LogP contribution in [0.25, 0.3) is 0 Å². The number of carbonyl (C=O) groups is 4. The lowest BCUT2D eigenvalue weighted by molar-refractivity contribution is -0.130. The molecule has 0 radical (unpaired) electrons. The number of hydrogen-bond donors (Lipinski definition) is 3. The van der Waals surface area contributed by atoms with Crippen molar-refractivity contribution in [3.8, 4) is 11.5 Å². The lowest BCUT2D eigenvalue weighted by Crippen LogP contribution is -2.42. The Morgan fingerprint density at radius 1 is 1.19 bits per heavy atom. The molecule has 3 N–H and O–H groups in total. The highest BCUT2D eigenvalue weighted by atomic mass is 16.7. The standard InChI is InChI=1S/C17H20N4O6/c1-17(2)15(24)21(16(25)18-17)7-3-4-13(22)19-20-14(23)10-5-6-11-12(8-10)27-9-26-11/h5-6,8H,3-4,7,9H2,1-2H3,(H,18,25)(H,19,22)(H,20,23). The zero-order valence-electron chi connectivity index (χ0n) is 15.0. The van der Waals surface area contributed by atoms with Crippen molar-refractivity contribution in [3.63, 3.8) is 0 Å². The SMILES string of the molecule is CC1(C)NC(=O)N(CCCC(=O)NNC(=O)c2ccc3c(c2)OCO3)C1=O. The average Bonchev–Trinajstić information content (AvgIpc) is 3.16. The fourth-order valence-corrected chi connectivity index (χ4v) is 2.72. The number of benzene rings is 1. The van der Waals surface area contributed by atoms with Gasteiger partial charge in [-0.2, -0.15) is 0 Å². The summed E-state index contributed by atoms with van der Waals surface area (Å²) in [6.07, 6.45) is 0.319. The molecule has 2 aliphatic rings. The second-order valence-electron chi connectivity index (χ2n) is 6.69. The Morgan fingerprint density at radius 2 is 1.93 bits per heavy atom. The van der Waals surface area contributed by atoms with E-state index >= 15 is 0 Å². The third kappa shape index (κ3) is 3.94. The van der Waals surface area contributed by atoms with Gasteiger partial charge in [-0.1, -0.05) is 0 Å². The molecule has 0 bridgehead atoms. The molecule has 0 atom stereocenters. The summed E-state index contributed by atoms with van der Waals surface area (Å²) in [5.41, 5.74) is 3.98. The van der Waals surface area contributed by atoms with Crippen LogP contribution in [-0.2, 0) is 9.59 Å². The van der Waals surface area contributed by atoms with Gasteiger partial charge in [-0.25, -0.2) is 4.79 Å². The molecule has 0 saturated carbocycles. The van der Waals surface area contributed by atoms with Crippen LogP contribution in [0.5, 0.6) is 11.5 Å². The van der Waals surface area contributed by atoms with Crippen LogP contribution in [-0.4, -0.2) is 47.5 Å². The second kappa shape index (κ2) is 7.14. The number of nitrogens with one attached hydrogen (secondary N) is 3. The normalized spacial score (nSPS) is 16.9. The molecule has 0 aromatic heterocycles. The smallest absolute Gasteiger partial charge is 0.325 e. The molecule has 1 fully saturated rings. The average molecular weight is 376 g/mol. The molecule has 0 aliphatic carbocycles. The van der Waals surface area contributed by atoms with E-state index in [1.165, 1.54) is 6.07 Å². The van der Waals surface area contributed by atoms with E-state index in [4.69, 9.17) is 9.47 Å². The minimum atomic E-state index is -0.933. The first-order chi connectivity index (χ1) is 12.8. The lowest BCUT2D eigenvalue weighted by Gasteiger charge is -2.15. The maximum atomic E-state index is 12.1. The number of amides is 5. The van der Waals surface area contributed by atoms with Gasteiger partial charge in [0.2, 0.25) is 12.7 Å². The molecule has 144 valence electrons. The summed E-state index contributed by atoms with van der Waals surface area (Å²) in [6.45, 7) is 3.46. The predicted octanol–water partition coefficient (Wildman–Crippen LogP) is 0.287. The Kier molecular flexibility index (Phi) is 4.89. The number of rotatable bonds is 5. The highest BCUT2D eigenvalue weighted by molar-refractivity contribution is 6.06. The van der Waals surface area contributed by atoms with Crippen LogP contribution in [0.2, 0.25) is 0 Å². The highest BCUT2D eigenvalue weighted by Gasteiger charge is 2.43. The lowest BCUT2D eigenvalue weighted by atomic mass is 10.1.